The van der Waals surface area contributed by atoms with Crippen molar-refractivity contribution in [3.8, 4) is 5.75 Å². The maximum atomic E-state index is 11.7. The molecule has 1 amide bonds. The lowest BCUT2D eigenvalue weighted by Gasteiger charge is -2.08. The number of hydrogen-bond acceptors (Lipinski definition) is 2. The molecule has 2 rings (SSSR count). The summed E-state index contributed by atoms with van der Waals surface area (Å²) in [6.45, 7) is 0. The number of ether oxygens (including phenoxy) is 1. The second kappa shape index (κ2) is 6.02. The number of nitrogens with one attached hydrogen (secondary N) is 1. The molecule has 0 saturated heterocycles. The van der Waals surface area contributed by atoms with E-state index in [2.05, 4.69) is 37.2 Å². The van der Waals surface area contributed by atoms with Gasteiger partial charge in [0.25, 0.3) is 0 Å². The van der Waals surface area contributed by atoms with Gasteiger partial charge in [-0.2, -0.15) is 0 Å². The molecule has 0 fully saturated rings. The predicted molar refractivity (Wildman–Crippen MR) is 77.9 cm³/mol. The highest BCUT2D eigenvalue weighted by atomic mass is 79.9. The van der Waals surface area contributed by atoms with Crippen molar-refractivity contribution >= 4 is 43.6 Å². The van der Waals surface area contributed by atoms with E-state index in [-0.39, 0.29) is 0 Å². The summed E-state index contributed by atoms with van der Waals surface area (Å²) in [5.41, 5.74) is 0.644. The summed E-state index contributed by atoms with van der Waals surface area (Å²) < 4.78 is 6.79. The maximum Gasteiger partial charge on any atom is 0.417 e. The van der Waals surface area contributed by atoms with Gasteiger partial charge in [-0.25, -0.2) is 4.79 Å². The molecule has 18 heavy (non-hydrogen) atoms. The van der Waals surface area contributed by atoms with Crippen LogP contribution in [0.4, 0.5) is 10.5 Å². The van der Waals surface area contributed by atoms with Crippen molar-refractivity contribution < 1.29 is 9.53 Å². The van der Waals surface area contributed by atoms with E-state index in [1.165, 1.54) is 0 Å². The van der Waals surface area contributed by atoms with Crippen LogP contribution in [0, 0.1) is 0 Å². The smallest absolute Gasteiger partial charge is 0.410 e. The van der Waals surface area contributed by atoms with E-state index in [9.17, 15) is 4.79 Å². The van der Waals surface area contributed by atoms with Gasteiger partial charge in [-0.3, -0.25) is 5.32 Å². The molecule has 1 N–H and O–H groups in total. The van der Waals surface area contributed by atoms with Crippen molar-refractivity contribution in [1.82, 2.24) is 0 Å². The number of anilines is 1. The van der Waals surface area contributed by atoms with Gasteiger partial charge in [0.15, 0.2) is 0 Å². The number of carbonyl (C=O) groups is 1. The molecule has 0 bridgehead atoms. The first-order chi connectivity index (χ1) is 8.65. The first-order valence-electron chi connectivity index (χ1n) is 5.14. The fourth-order valence-corrected chi connectivity index (χ4v) is 2.03. The summed E-state index contributed by atoms with van der Waals surface area (Å²) in [5, 5.41) is 2.66. The van der Waals surface area contributed by atoms with Gasteiger partial charge in [0.2, 0.25) is 0 Å². The number of hydrogen-bond donors (Lipinski definition) is 1. The summed E-state index contributed by atoms with van der Waals surface area (Å²) in [4.78, 5) is 11.7. The Balaban J connectivity index is 2.05. The van der Waals surface area contributed by atoms with Gasteiger partial charge in [0.1, 0.15) is 5.75 Å². The van der Waals surface area contributed by atoms with Crippen LogP contribution < -0.4 is 10.1 Å². The molecule has 2 aromatic carbocycles. The lowest BCUT2D eigenvalue weighted by atomic mass is 10.3. The molecule has 2 aromatic rings. The van der Waals surface area contributed by atoms with Crippen LogP contribution in [-0.2, 0) is 0 Å². The molecule has 0 aliphatic rings. The average Bonchev–Trinajstić information content (AvgIpc) is 2.35. The van der Waals surface area contributed by atoms with Crippen LogP contribution in [0.5, 0.6) is 5.75 Å². The quantitative estimate of drug-likeness (QED) is 0.822. The fraction of sp³-hybridized carbons (Fsp3) is 0. The van der Waals surface area contributed by atoms with Crippen molar-refractivity contribution in [2.24, 2.45) is 0 Å². The molecule has 0 saturated carbocycles. The molecular weight excluding hydrogens is 362 g/mol. The van der Waals surface area contributed by atoms with Gasteiger partial charge in [-0.15, -0.1) is 0 Å². The van der Waals surface area contributed by atoms with Crippen LogP contribution in [-0.4, -0.2) is 6.09 Å². The Morgan fingerprint density at radius 3 is 2.50 bits per heavy atom. The molecule has 0 aliphatic carbocycles. The number of para-hydroxylation sites is 1. The third-order valence-corrected chi connectivity index (χ3v) is 3.30. The minimum atomic E-state index is -0.528. The van der Waals surface area contributed by atoms with Crippen LogP contribution in [0.3, 0.4) is 0 Å². The Bertz CT molecular complexity index is 558. The highest BCUT2D eigenvalue weighted by Gasteiger charge is 2.07. The zero-order valence-corrected chi connectivity index (χ0v) is 12.4. The Morgan fingerprint density at radius 1 is 1.06 bits per heavy atom. The number of halogens is 2. The van der Waals surface area contributed by atoms with Gasteiger partial charge < -0.3 is 4.74 Å². The summed E-state index contributed by atoms with van der Waals surface area (Å²) in [7, 11) is 0. The third kappa shape index (κ3) is 3.58. The molecule has 3 nitrogen and oxygen atoms in total. The lowest BCUT2D eigenvalue weighted by molar-refractivity contribution is 0.215. The summed E-state index contributed by atoms with van der Waals surface area (Å²) >= 11 is 6.69. The summed E-state index contributed by atoms with van der Waals surface area (Å²) in [5.74, 6) is 0.501. The summed E-state index contributed by atoms with van der Waals surface area (Å²) in [6.07, 6.45) is -0.528. The first-order valence-corrected chi connectivity index (χ1v) is 6.73. The van der Waals surface area contributed by atoms with E-state index >= 15 is 0 Å². The largest absolute Gasteiger partial charge is 0.417 e. The average molecular weight is 371 g/mol. The molecule has 0 unspecified atom stereocenters. The summed E-state index contributed by atoms with van der Waals surface area (Å²) in [6, 6.07) is 14.4. The van der Waals surface area contributed by atoms with E-state index in [0.29, 0.717) is 11.4 Å². The van der Waals surface area contributed by atoms with E-state index in [1.54, 1.807) is 30.3 Å². The SMILES string of the molecule is O=C(Nc1cc(Br)ccc1Br)Oc1ccccc1. The molecule has 0 spiro atoms. The van der Waals surface area contributed by atoms with Crippen molar-refractivity contribution in [2.45, 2.75) is 0 Å². The number of carbonyl (C=O) groups excluding carboxylic acids is 1. The van der Waals surface area contributed by atoms with Crippen LogP contribution in [0.1, 0.15) is 0 Å². The van der Waals surface area contributed by atoms with Gasteiger partial charge in [0, 0.05) is 8.95 Å². The fourth-order valence-electron chi connectivity index (χ4n) is 1.32. The van der Waals surface area contributed by atoms with E-state index < -0.39 is 6.09 Å². The van der Waals surface area contributed by atoms with Crippen molar-refractivity contribution in [2.75, 3.05) is 5.32 Å². The predicted octanol–water partition coefficient (Wildman–Crippen LogP) is 4.82. The van der Waals surface area contributed by atoms with Gasteiger partial charge in [-0.05, 0) is 46.3 Å². The van der Waals surface area contributed by atoms with Crippen LogP contribution in [0.25, 0.3) is 0 Å². The molecule has 92 valence electrons. The standard InChI is InChI=1S/C13H9Br2NO2/c14-9-6-7-11(15)12(8-9)16-13(17)18-10-4-2-1-3-5-10/h1-8H,(H,16,17). The van der Waals surface area contributed by atoms with Crippen LogP contribution >= 0.6 is 31.9 Å². The van der Waals surface area contributed by atoms with Crippen molar-refractivity contribution in [1.29, 1.82) is 0 Å². The number of amides is 1. The Morgan fingerprint density at radius 2 is 1.78 bits per heavy atom. The van der Waals surface area contributed by atoms with Crippen LogP contribution in [0.15, 0.2) is 57.5 Å². The van der Waals surface area contributed by atoms with Crippen LogP contribution in [0.2, 0.25) is 0 Å². The Hall–Kier alpha value is -1.33. The van der Waals surface area contributed by atoms with Gasteiger partial charge >= 0.3 is 6.09 Å². The maximum absolute atomic E-state index is 11.7. The van der Waals surface area contributed by atoms with E-state index in [4.69, 9.17) is 4.74 Å². The third-order valence-electron chi connectivity index (χ3n) is 2.12. The minimum Gasteiger partial charge on any atom is -0.410 e. The Kier molecular flexibility index (Phi) is 4.38. The second-order valence-electron chi connectivity index (χ2n) is 3.45. The minimum absolute atomic E-state index is 0.501. The molecule has 0 atom stereocenters. The lowest BCUT2D eigenvalue weighted by Crippen LogP contribution is -2.16. The zero-order chi connectivity index (χ0) is 13.0. The first kappa shape index (κ1) is 13.1. The van der Waals surface area contributed by atoms with Gasteiger partial charge in [-0.1, -0.05) is 34.1 Å². The van der Waals surface area contributed by atoms with E-state index in [1.807, 2.05) is 18.2 Å². The topological polar surface area (TPSA) is 38.3 Å². The molecule has 0 heterocycles. The molecule has 5 heteroatoms. The molecule has 0 aliphatic heterocycles. The molecule has 0 radical (unpaired) electrons. The number of benzene rings is 2. The molecule has 0 aromatic heterocycles. The highest BCUT2D eigenvalue weighted by molar-refractivity contribution is 9.11. The monoisotopic (exact) mass is 369 g/mol. The van der Waals surface area contributed by atoms with Crippen molar-refractivity contribution in [3.05, 3.63) is 57.5 Å². The normalized spacial score (nSPS) is 9.89. The van der Waals surface area contributed by atoms with Gasteiger partial charge in [0.05, 0.1) is 5.69 Å². The zero-order valence-electron chi connectivity index (χ0n) is 9.19. The van der Waals surface area contributed by atoms with Crippen molar-refractivity contribution in [3.63, 3.8) is 0 Å². The molecular formula is C13H9Br2NO2. The second-order valence-corrected chi connectivity index (χ2v) is 5.22. The highest BCUT2D eigenvalue weighted by Crippen LogP contribution is 2.26. The Labute approximate surface area is 121 Å². The van der Waals surface area contributed by atoms with E-state index in [0.717, 1.165) is 8.95 Å². The number of rotatable bonds is 2.